The highest BCUT2D eigenvalue weighted by Crippen LogP contribution is 2.36. The molecule has 2 atom stereocenters. The van der Waals surface area contributed by atoms with Crippen LogP contribution in [0.3, 0.4) is 0 Å². The van der Waals surface area contributed by atoms with Gasteiger partial charge < -0.3 is 5.32 Å². The zero-order valence-corrected chi connectivity index (χ0v) is 11.4. The van der Waals surface area contributed by atoms with Crippen LogP contribution in [-0.2, 0) is 16.0 Å². The first-order valence-electron chi connectivity index (χ1n) is 6.19. The fourth-order valence-electron chi connectivity index (χ4n) is 2.02. The molecule has 0 spiro atoms. The van der Waals surface area contributed by atoms with Crippen LogP contribution in [-0.4, -0.2) is 23.0 Å². The van der Waals surface area contributed by atoms with E-state index in [1.807, 2.05) is 25.1 Å². The minimum Gasteiger partial charge on any atom is -0.346 e. The SMILES string of the molecule is CCC(=O)C(C)NC(=O)C1Cc2ccccc2S1. The molecule has 0 aliphatic carbocycles. The van der Waals surface area contributed by atoms with Gasteiger partial charge in [0, 0.05) is 11.3 Å². The van der Waals surface area contributed by atoms with E-state index in [-0.39, 0.29) is 23.0 Å². The molecule has 1 aromatic rings. The summed E-state index contributed by atoms with van der Waals surface area (Å²) in [5, 5.41) is 2.70. The number of carbonyl (C=O) groups is 2. The number of rotatable bonds is 4. The average molecular weight is 263 g/mol. The molecule has 96 valence electrons. The van der Waals surface area contributed by atoms with Crippen LogP contribution in [0.5, 0.6) is 0 Å². The second-order valence-corrected chi connectivity index (χ2v) is 5.71. The van der Waals surface area contributed by atoms with Gasteiger partial charge in [0.25, 0.3) is 0 Å². The van der Waals surface area contributed by atoms with Crippen molar-refractivity contribution in [2.24, 2.45) is 0 Å². The molecule has 0 aromatic heterocycles. The normalized spacial score (nSPS) is 19.1. The Bertz CT molecular complexity index is 448. The van der Waals surface area contributed by atoms with E-state index in [2.05, 4.69) is 11.4 Å². The van der Waals surface area contributed by atoms with Gasteiger partial charge in [-0.3, -0.25) is 9.59 Å². The highest BCUT2D eigenvalue weighted by molar-refractivity contribution is 8.01. The lowest BCUT2D eigenvalue weighted by molar-refractivity contribution is -0.126. The maximum atomic E-state index is 12.1. The van der Waals surface area contributed by atoms with E-state index < -0.39 is 0 Å². The van der Waals surface area contributed by atoms with E-state index >= 15 is 0 Å². The molecule has 0 fully saturated rings. The summed E-state index contributed by atoms with van der Waals surface area (Å²) < 4.78 is 0. The fourth-order valence-corrected chi connectivity index (χ4v) is 3.23. The van der Waals surface area contributed by atoms with E-state index in [4.69, 9.17) is 0 Å². The smallest absolute Gasteiger partial charge is 0.234 e. The molecule has 0 radical (unpaired) electrons. The van der Waals surface area contributed by atoms with Gasteiger partial charge in [0.2, 0.25) is 5.91 Å². The van der Waals surface area contributed by atoms with Gasteiger partial charge in [0.1, 0.15) is 0 Å². The Kier molecular flexibility index (Phi) is 4.07. The summed E-state index contributed by atoms with van der Waals surface area (Å²) in [6.45, 7) is 3.56. The van der Waals surface area contributed by atoms with Crippen molar-refractivity contribution < 1.29 is 9.59 Å². The molecule has 4 heteroatoms. The second-order valence-electron chi connectivity index (χ2n) is 4.47. The predicted octanol–water partition coefficient (Wildman–Crippen LogP) is 2.19. The molecular formula is C14H17NO2S. The number of ketones is 1. The van der Waals surface area contributed by atoms with Crippen molar-refractivity contribution in [3.63, 3.8) is 0 Å². The summed E-state index contributed by atoms with van der Waals surface area (Å²) >= 11 is 1.58. The molecule has 0 saturated carbocycles. The van der Waals surface area contributed by atoms with Crippen LogP contribution in [0.1, 0.15) is 25.8 Å². The molecule has 1 N–H and O–H groups in total. The van der Waals surface area contributed by atoms with E-state index in [0.717, 1.165) is 6.42 Å². The highest BCUT2D eigenvalue weighted by atomic mass is 32.2. The number of fused-ring (bicyclic) bond motifs is 1. The molecule has 1 aromatic carbocycles. The third-order valence-corrected chi connectivity index (χ3v) is 4.45. The number of amides is 1. The lowest BCUT2D eigenvalue weighted by atomic mass is 10.1. The van der Waals surface area contributed by atoms with Gasteiger partial charge in [-0.15, -0.1) is 11.8 Å². The molecule has 1 amide bonds. The van der Waals surface area contributed by atoms with Gasteiger partial charge in [-0.1, -0.05) is 25.1 Å². The lowest BCUT2D eigenvalue weighted by Crippen LogP contribution is -2.42. The fraction of sp³-hybridized carbons (Fsp3) is 0.429. The van der Waals surface area contributed by atoms with Crippen LogP contribution in [0.2, 0.25) is 0 Å². The number of thioether (sulfide) groups is 1. The topological polar surface area (TPSA) is 46.2 Å². The highest BCUT2D eigenvalue weighted by Gasteiger charge is 2.29. The van der Waals surface area contributed by atoms with Crippen LogP contribution in [0.4, 0.5) is 0 Å². The van der Waals surface area contributed by atoms with Crippen molar-refractivity contribution in [2.75, 3.05) is 0 Å². The van der Waals surface area contributed by atoms with Crippen LogP contribution in [0, 0.1) is 0 Å². The number of benzene rings is 1. The van der Waals surface area contributed by atoms with Crippen LogP contribution in [0.15, 0.2) is 29.2 Å². The van der Waals surface area contributed by atoms with E-state index in [0.29, 0.717) is 6.42 Å². The molecule has 18 heavy (non-hydrogen) atoms. The Morgan fingerprint density at radius 1 is 1.44 bits per heavy atom. The van der Waals surface area contributed by atoms with Crippen molar-refractivity contribution in [2.45, 2.75) is 42.9 Å². The third kappa shape index (κ3) is 2.75. The van der Waals surface area contributed by atoms with E-state index in [1.54, 1.807) is 18.7 Å². The number of Topliss-reactive ketones (excluding diaryl/α,β-unsaturated/α-hetero) is 1. The summed E-state index contributed by atoms with van der Waals surface area (Å²) in [5.74, 6) is 0.0364. The standard InChI is InChI=1S/C14H17NO2S/c1-3-11(16)9(2)15-14(17)13-8-10-6-4-5-7-12(10)18-13/h4-7,9,13H,3,8H2,1-2H3,(H,15,17). The third-order valence-electron chi connectivity index (χ3n) is 3.13. The predicted molar refractivity (Wildman–Crippen MR) is 72.7 cm³/mol. The van der Waals surface area contributed by atoms with Crippen molar-refractivity contribution in [3.8, 4) is 0 Å². The monoisotopic (exact) mass is 263 g/mol. The Labute approximate surface area is 111 Å². The van der Waals surface area contributed by atoms with Crippen molar-refractivity contribution in [3.05, 3.63) is 29.8 Å². The average Bonchev–Trinajstić information content (AvgIpc) is 2.81. The van der Waals surface area contributed by atoms with Crippen LogP contribution in [0.25, 0.3) is 0 Å². The Morgan fingerprint density at radius 3 is 2.83 bits per heavy atom. The Balaban J connectivity index is 1.95. The zero-order chi connectivity index (χ0) is 13.1. The summed E-state index contributed by atoms with van der Waals surface area (Å²) in [6, 6.07) is 7.68. The number of carbonyl (C=O) groups excluding carboxylic acids is 2. The molecule has 2 rings (SSSR count). The van der Waals surface area contributed by atoms with E-state index in [9.17, 15) is 9.59 Å². The Hall–Kier alpha value is -1.29. The van der Waals surface area contributed by atoms with Gasteiger partial charge in [-0.25, -0.2) is 0 Å². The van der Waals surface area contributed by atoms with Gasteiger partial charge in [-0.05, 0) is 25.0 Å². The second kappa shape index (κ2) is 5.57. The van der Waals surface area contributed by atoms with Crippen molar-refractivity contribution in [1.29, 1.82) is 0 Å². The first-order valence-corrected chi connectivity index (χ1v) is 7.07. The minimum atomic E-state index is -0.383. The number of nitrogens with one attached hydrogen (secondary N) is 1. The van der Waals surface area contributed by atoms with Crippen LogP contribution < -0.4 is 5.32 Å². The van der Waals surface area contributed by atoms with Gasteiger partial charge >= 0.3 is 0 Å². The van der Waals surface area contributed by atoms with Gasteiger partial charge in [0.05, 0.1) is 11.3 Å². The number of hydrogen-bond acceptors (Lipinski definition) is 3. The quantitative estimate of drug-likeness (QED) is 0.905. The molecule has 1 aliphatic heterocycles. The maximum Gasteiger partial charge on any atom is 0.234 e. The lowest BCUT2D eigenvalue weighted by Gasteiger charge is -2.14. The first-order chi connectivity index (χ1) is 8.61. The first kappa shape index (κ1) is 13.1. The van der Waals surface area contributed by atoms with Crippen molar-refractivity contribution in [1.82, 2.24) is 5.32 Å². The summed E-state index contributed by atoms with van der Waals surface area (Å²) in [7, 11) is 0. The minimum absolute atomic E-state index is 0.0366. The molecule has 3 nitrogen and oxygen atoms in total. The molecule has 0 saturated heterocycles. The molecule has 0 bridgehead atoms. The zero-order valence-electron chi connectivity index (χ0n) is 10.6. The molecular weight excluding hydrogens is 246 g/mol. The van der Waals surface area contributed by atoms with Crippen LogP contribution >= 0.6 is 11.8 Å². The maximum absolute atomic E-state index is 12.1. The molecule has 2 unspecified atom stereocenters. The molecule has 1 aliphatic rings. The van der Waals surface area contributed by atoms with Gasteiger partial charge in [0.15, 0.2) is 5.78 Å². The van der Waals surface area contributed by atoms with Gasteiger partial charge in [-0.2, -0.15) is 0 Å². The summed E-state index contributed by atoms with van der Waals surface area (Å²) in [5.41, 5.74) is 1.22. The summed E-state index contributed by atoms with van der Waals surface area (Å²) in [4.78, 5) is 24.7. The largest absolute Gasteiger partial charge is 0.346 e. The van der Waals surface area contributed by atoms with E-state index in [1.165, 1.54) is 10.5 Å². The summed E-state index contributed by atoms with van der Waals surface area (Å²) in [6.07, 6.45) is 1.21. The number of hydrogen-bond donors (Lipinski definition) is 1. The van der Waals surface area contributed by atoms with Crippen molar-refractivity contribution >= 4 is 23.5 Å². The Morgan fingerprint density at radius 2 is 2.17 bits per heavy atom. The molecule has 1 heterocycles.